The molecule has 0 aromatic heterocycles. The smallest absolute Gasteiger partial charge is 0.353 e. The number of halogens is 4. The molecule has 1 aromatic rings. The predicted molar refractivity (Wildman–Crippen MR) is 87.2 cm³/mol. The van der Waals surface area contributed by atoms with Gasteiger partial charge in [0, 0.05) is 18.2 Å². The van der Waals surface area contributed by atoms with Crippen LogP contribution in [0.4, 0.5) is 13.2 Å². The van der Waals surface area contributed by atoms with Gasteiger partial charge in [-0.05, 0) is 37.7 Å². The van der Waals surface area contributed by atoms with Crippen molar-refractivity contribution in [3.63, 3.8) is 0 Å². The maximum atomic E-state index is 12.4. The van der Waals surface area contributed by atoms with E-state index in [2.05, 4.69) is 16.0 Å². The molecule has 0 aliphatic rings. The summed E-state index contributed by atoms with van der Waals surface area (Å²) >= 11 is 0. The maximum absolute atomic E-state index is 12.4. The topological polar surface area (TPSA) is 70.2 Å². The second-order valence-electron chi connectivity index (χ2n) is 5.02. The van der Waals surface area contributed by atoms with Crippen molar-refractivity contribution in [2.45, 2.75) is 26.1 Å². The lowest BCUT2D eigenvalue weighted by atomic mass is 10.1. The van der Waals surface area contributed by atoms with E-state index in [4.69, 9.17) is 0 Å². The minimum atomic E-state index is -4.45. The van der Waals surface area contributed by atoms with Gasteiger partial charge in [0.25, 0.3) is 5.91 Å². The van der Waals surface area contributed by atoms with Gasteiger partial charge in [0.1, 0.15) is 0 Å². The molecule has 0 aliphatic carbocycles. The van der Waals surface area contributed by atoms with Gasteiger partial charge in [0.15, 0.2) is 0 Å². The molecule has 1 atom stereocenters. The normalized spacial score (nSPS) is 12.0. The summed E-state index contributed by atoms with van der Waals surface area (Å²) in [6.07, 6.45) is -4.45. The summed E-state index contributed by atoms with van der Waals surface area (Å²) in [7, 11) is 0. The first kappa shape index (κ1) is 22.2. The lowest BCUT2D eigenvalue weighted by molar-refractivity contribution is -0.137. The van der Waals surface area contributed by atoms with Crippen molar-refractivity contribution in [2.24, 2.45) is 0 Å². The minimum absolute atomic E-state index is 0. The Bertz CT molecular complexity index is 536. The van der Waals surface area contributed by atoms with Gasteiger partial charge in [-0.1, -0.05) is 6.92 Å². The molecule has 0 heterocycles. The Balaban J connectivity index is 0.00000529. The molecular formula is C15H21ClF3N3O2. The molecule has 0 fully saturated rings. The van der Waals surface area contributed by atoms with Gasteiger partial charge in [-0.3, -0.25) is 9.59 Å². The highest BCUT2D eigenvalue weighted by atomic mass is 35.5. The first-order chi connectivity index (χ1) is 10.7. The summed E-state index contributed by atoms with van der Waals surface area (Å²) in [5.41, 5.74) is -0.768. The predicted octanol–water partition coefficient (Wildman–Crippen LogP) is 1.97. The molecule has 0 saturated heterocycles. The largest absolute Gasteiger partial charge is 0.416 e. The highest BCUT2D eigenvalue weighted by Crippen LogP contribution is 2.28. The Morgan fingerprint density at radius 3 is 2.21 bits per heavy atom. The van der Waals surface area contributed by atoms with Crippen LogP contribution in [0.5, 0.6) is 0 Å². The molecule has 24 heavy (non-hydrogen) atoms. The van der Waals surface area contributed by atoms with Crippen LogP contribution in [-0.4, -0.2) is 37.5 Å². The summed E-state index contributed by atoms with van der Waals surface area (Å²) in [6.45, 7) is 4.82. The SMILES string of the molecule is CCN[C@H](C)CNC(=O)CNC(=O)c1ccc(C(F)(F)F)cc1.Cl. The molecule has 0 unspecified atom stereocenters. The van der Waals surface area contributed by atoms with E-state index in [0.29, 0.717) is 6.54 Å². The lowest BCUT2D eigenvalue weighted by Crippen LogP contribution is -2.43. The van der Waals surface area contributed by atoms with Gasteiger partial charge in [0.2, 0.25) is 5.91 Å². The molecule has 1 aromatic carbocycles. The standard InChI is InChI=1S/C15H20F3N3O2.ClH/c1-3-19-10(2)8-20-13(22)9-21-14(23)11-4-6-12(7-5-11)15(16,17)18;/h4-7,10,19H,3,8-9H2,1-2H3,(H,20,22)(H,21,23);1H/t10-;/m1./s1. The van der Waals surface area contributed by atoms with Gasteiger partial charge in [-0.2, -0.15) is 13.2 Å². The fourth-order valence-electron chi connectivity index (χ4n) is 1.82. The van der Waals surface area contributed by atoms with Crippen LogP contribution in [0.15, 0.2) is 24.3 Å². The molecule has 0 aliphatic heterocycles. The van der Waals surface area contributed by atoms with E-state index in [0.717, 1.165) is 30.8 Å². The number of hydrogen-bond acceptors (Lipinski definition) is 3. The van der Waals surface area contributed by atoms with Crippen LogP contribution in [0.1, 0.15) is 29.8 Å². The van der Waals surface area contributed by atoms with E-state index in [9.17, 15) is 22.8 Å². The summed E-state index contributed by atoms with van der Waals surface area (Å²) in [5, 5.41) is 8.11. The first-order valence-corrected chi connectivity index (χ1v) is 7.19. The van der Waals surface area contributed by atoms with Crippen LogP contribution >= 0.6 is 12.4 Å². The number of amides is 2. The van der Waals surface area contributed by atoms with E-state index in [1.165, 1.54) is 0 Å². The maximum Gasteiger partial charge on any atom is 0.416 e. The van der Waals surface area contributed by atoms with E-state index < -0.39 is 17.6 Å². The quantitative estimate of drug-likeness (QED) is 0.690. The molecule has 0 saturated carbocycles. The van der Waals surface area contributed by atoms with Crippen molar-refractivity contribution < 1.29 is 22.8 Å². The van der Waals surface area contributed by atoms with E-state index in [1.54, 1.807) is 0 Å². The first-order valence-electron chi connectivity index (χ1n) is 7.19. The van der Waals surface area contributed by atoms with Crippen molar-refractivity contribution >= 4 is 24.2 Å². The number of hydrogen-bond donors (Lipinski definition) is 3. The Labute approximate surface area is 144 Å². The van der Waals surface area contributed by atoms with Crippen LogP contribution in [-0.2, 0) is 11.0 Å². The fraction of sp³-hybridized carbons (Fsp3) is 0.467. The number of likely N-dealkylation sites (N-methyl/N-ethyl adjacent to an activating group) is 1. The molecule has 0 spiro atoms. The minimum Gasteiger partial charge on any atom is -0.353 e. The Kier molecular flexibility index (Phi) is 9.38. The summed E-state index contributed by atoms with van der Waals surface area (Å²) in [4.78, 5) is 23.3. The third kappa shape index (κ3) is 7.65. The lowest BCUT2D eigenvalue weighted by Gasteiger charge is -2.13. The van der Waals surface area contributed by atoms with Gasteiger partial charge in [-0.15, -0.1) is 12.4 Å². The zero-order valence-electron chi connectivity index (χ0n) is 13.4. The summed E-state index contributed by atoms with van der Waals surface area (Å²) in [6, 6.07) is 3.90. The second kappa shape index (κ2) is 10.1. The van der Waals surface area contributed by atoms with Crippen molar-refractivity contribution in [3.05, 3.63) is 35.4 Å². The number of alkyl halides is 3. The average molecular weight is 368 g/mol. The van der Waals surface area contributed by atoms with Crippen molar-refractivity contribution in [2.75, 3.05) is 19.6 Å². The number of carbonyl (C=O) groups excluding carboxylic acids is 2. The van der Waals surface area contributed by atoms with Crippen molar-refractivity contribution in [1.82, 2.24) is 16.0 Å². The van der Waals surface area contributed by atoms with Gasteiger partial charge in [0.05, 0.1) is 12.1 Å². The van der Waals surface area contributed by atoms with Crippen LogP contribution < -0.4 is 16.0 Å². The molecule has 5 nitrogen and oxygen atoms in total. The summed E-state index contributed by atoms with van der Waals surface area (Å²) < 4.78 is 37.3. The molecular weight excluding hydrogens is 347 g/mol. The number of rotatable bonds is 7. The third-order valence-corrected chi connectivity index (χ3v) is 3.04. The average Bonchev–Trinajstić information content (AvgIpc) is 2.50. The Hall–Kier alpha value is -1.80. The van der Waals surface area contributed by atoms with Gasteiger partial charge in [-0.25, -0.2) is 0 Å². The highest BCUT2D eigenvalue weighted by Gasteiger charge is 2.30. The van der Waals surface area contributed by atoms with Crippen LogP contribution in [0.2, 0.25) is 0 Å². The third-order valence-electron chi connectivity index (χ3n) is 3.04. The fourth-order valence-corrected chi connectivity index (χ4v) is 1.82. The zero-order chi connectivity index (χ0) is 17.5. The number of benzene rings is 1. The second-order valence-corrected chi connectivity index (χ2v) is 5.02. The van der Waals surface area contributed by atoms with Gasteiger partial charge >= 0.3 is 6.18 Å². The van der Waals surface area contributed by atoms with Crippen LogP contribution in [0, 0.1) is 0 Å². The molecule has 136 valence electrons. The Morgan fingerprint density at radius 1 is 1.12 bits per heavy atom. The number of nitrogens with one attached hydrogen (secondary N) is 3. The van der Waals surface area contributed by atoms with Crippen molar-refractivity contribution in [3.8, 4) is 0 Å². The van der Waals surface area contributed by atoms with E-state index >= 15 is 0 Å². The van der Waals surface area contributed by atoms with Gasteiger partial charge < -0.3 is 16.0 Å². The zero-order valence-corrected chi connectivity index (χ0v) is 14.2. The monoisotopic (exact) mass is 367 g/mol. The van der Waals surface area contributed by atoms with Crippen LogP contribution in [0.25, 0.3) is 0 Å². The van der Waals surface area contributed by atoms with E-state index in [1.807, 2.05) is 13.8 Å². The number of carbonyl (C=O) groups is 2. The molecule has 3 N–H and O–H groups in total. The van der Waals surface area contributed by atoms with Crippen LogP contribution in [0.3, 0.4) is 0 Å². The molecule has 1 rings (SSSR count). The molecule has 9 heteroatoms. The summed E-state index contributed by atoms with van der Waals surface area (Å²) in [5.74, 6) is -0.969. The van der Waals surface area contributed by atoms with Crippen molar-refractivity contribution in [1.29, 1.82) is 0 Å². The molecule has 2 amide bonds. The Morgan fingerprint density at radius 2 is 1.71 bits per heavy atom. The van der Waals surface area contributed by atoms with E-state index in [-0.39, 0.29) is 36.5 Å². The molecule has 0 bridgehead atoms. The highest BCUT2D eigenvalue weighted by molar-refractivity contribution is 5.96. The molecule has 0 radical (unpaired) electrons.